The minimum atomic E-state index is -1.83. The van der Waals surface area contributed by atoms with Gasteiger partial charge in [-0.05, 0) is 6.42 Å². The molecule has 0 aromatic heterocycles. The number of hydrogen-bond acceptors (Lipinski definition) is 2. The van der Waals surface area contributed by atoms with E-state index in [1.165, 1.54) is 6.92 Å². The Morgan fingerprint density at radius 2 is 1.47 bits per heavy atom. The maximum atomic E-state index is 13.1. The summed E-state index contributed by atoms with van der Waals surface area (Å²) in [7, 11) is 0. The lowest BCUT2D eigenvalue weighted by atomic mass is 10.0. The van der Waals surface area contributed by atoms with Crippen LogP contribution < -0.4 is 5.73 Å². The van der Waals surface area contributed by atoms with Gasteiger partial charge in [-0.2, -0.15) is 8.78 Å². The van der Waals surface area contributed by atoms with Crippen molar-refractivity contribution in [1.82, 2.24) is 0 Å². The second-order valence-corrected chi connectivity index (χ2v) is 3.03. The number of rotatable bonds is 2. The van der Waals surface area contributed by atoms with E-state index in [0.29, 0.717) is 0 Å². The average molecular weight is 223 g/mol. The lowest BCUT2D eigenvalue weighted by Gasteiger charge is -2.13. The number of phenolic OH excluding ortho intramolecular Hbond substituents is 1. The summed E-state index contributed by atoms with van der Waals surface area (Å²) >= 11 is 0. The minimum Gasteiger partial charge on any atom is -0.503 e. The molecule has 84 valence electrons. The SMILES string of the molecule is CCC(N)c1c(F)c(F)c(O)c(F)c1F. The summed E-state index contributed by atoms with van der Waals surface area (Å²) in [4.78, 5) is 0. The lowest BCUT2D eigenvalue weighted by Crippen LogP contribution is -2.15. The van der Waals surface area contributed by atoms with Crippen LogP contribution in [-0.4, -0.2) is 5.11 Å². The van der Waals surface area contributed by atoms with Crippen LogP contribution in [0.4, 0.5) is 17.6 Å². The van der Waals surface area contributed by atoms with Gasteiger partial charge in [0.05, 0.1) is 0 Å². The van der Waals surface area contributed by atoms with E-state index in [0.717, 1.165) is 0 Å². The predicted molar refractivity (Wildman–Crippen MR) is 45.2 cm³/mol. The van der Waals surface area contributed by atoms with Gasteiger partial charge in [-0.15, -0.1) is 0 Å². The fraction of sp³-hybridized carbons (Fsp3) is 0.333. The summed E-state index contributed by atoms with van der Waals surface area (Å²) < 4.78 is 51.9. The molecule has 0 aliphatic rings. The Morgan fingerprint density at radius 3 is 1.80 bits per heavy atom. The standard InChI is InChI=1S/C9H9F4NO/c1-2-3(14)4-5(10)7(12)9(15)8(13)6(4)11/h3,15H,2,14H2,1H3. The molecule has 0 amide bonds. The topological polar surface area (TPSA) is 46.2 Å². The van der Waals surface area contributed by atoms with Crippen molar-refractivity contribution in [3.63, 3.8) is 0 Å². The molecule has 1 rings (SSSR count). The van der Waals surface area contributed by atoms with E-state index in [1.54, 1.807) is 0 Å². The Morgan fingerprint density at radius 1 is 1.07 bits per heavy atom. The third-order valence-electron chi connectivity index (χ3n) is 2.08. The Hall–Kier alpha value is -1.30. The molecule has 0 saturated heterocycles. The molecule has 6 heteroatoms. The summed E-state index contributed by atoms with van der Waals surface area (Å²) in [6.07, 6.45) is 0.109. The molecular weight excluding hydrogens is 214 g/mol. The van der Waals surface area contributed by atoms with Crippen molar-refractivity contribution >= 4 is 0 Å². The first-order valence-electron chi connectivity index (χ1n) is 4.22. The van der Waals surface area contributed by atoms with Crippen molar-refractivity contribution in [2.45, 2.75) is 19.4 Å². The van der Waals surface area contributed by atoms with Crippen LogP contribution in [0.3, 0.4) is 0 Å². The van der Waals surface area contributed by atoms with Crippen LogP contribution in [0.15, 0.2) is 0 Å². The van der Waals surface area contributed by atoms with Crippen molar-refractivity contribution in [3.8, 4) is 5.75 Å². The molecular formula is C9H9F4NO. The van der Waals surface area contributed by atoms with Crippen molar-refractivity contribution < 1.29 is 22.7 Å². The molecule has 0 saturated carbocycles. The van der Waals surface area contributed by atoms with Gasteiger partial charge in [-0.25, -0.2) is 8.78 Å². The van der Waals surface area contributed by atoms with Crippen molar-refractivity contribution in [2.24, 2.45) is 5.73 Å². The van der Waals surface area contributed by atoms with Gasteiger partial charge >= 0.3 is 0 Å². The molecule has 1 unspecified atom stereocenters. The van der Waals surface area contributed by atoms with Gasteiger partial charge in [0.2, 0.25) is 11.6 Å². The number of nitrogens with two attached hydrogens (primary N) is 1. The highest BCUT2D eigenvalue weighted by Crippen LogP contribution is 2.32. The first-order valence-corrected chi connectivity index (χ1v) is 4.22. The zero-order chi connectivity index (χ0) is 11.7. The molecule has 15 heavy (non-hydrogen) atoms. The lowest BCUT2D eigenvalue weighted by molar-refractivity contribution is 0.346. The second kappa shape index (κ2) is 4.06. The van der Waals surface area contributed by atoms with E-state index in [9.17, 15) is 17.6 Å². The van der Waals surface area contributed by atoms with Crippen molar-refractivity contribution in [2.75, 3.05) is 0 Å². The zero-order valence-corrected chi connectivity index (χ0v) is 7.82. The van der Waals surface area contributed by atoms with Crippen molar-refractivity contribution in [3.05, 3.63) is 28.8 Å². The quantitative estimate of drug-likeness (QED) is 0.597. The maximum absolute atomic E-state index is 13.1. The Balaban J connectivity index is 3.52. The van der Waals surface area contributed by atoms with Crippen LogP contribution in [0.1, 0.15) is 24.9 Å². The molecule has 0 bridgehead atoms. The normalized spacial score (nSPS) is 12.9. The maximum Gasteiger partial charge on any atom is 0.204 e. The number of phenols is 1. The van der Waals surface area contributed by atoms with Gasteiger partial charge < -0.3 is 10.8 Å². The van der Waals surface area contributed by atoms with E-state index in [2.05, 4.69) is 0 Å². The smallest absolute Gasteiger partial charge is 0.204 e. The summed E-state index contributed by atoms with van der Waals surface area (Å²) in [5, 5.41) is 8.68. The molecule has 0 spiro atoms. The van der Waals surface area contributed by atoms with Gasteiger partial charge in [0.1, 0.15) is 0 Å². The van der Waals surface area contributed by atoms with E-state index in [1.807, 2.05) is 0 Å². The van der Waals surface area contributed by atoms with Crippen LogP contribution in [0.2, 0.25) is 0 Å². The molecule has 3 N–H and O–H groups in total. The summed E-state index contributed by atoms with van der Waals surface area (Å²) in [5.41, 5.74) is 4.40. The second-order valence-electron chi connectivity index (χ2n) is 3.03. The first-order chi connectivity index (χ1) is 6.91. The number of hydrogen-bond donors (Lipinski definition) is 2. The van der Waals surface area contributed by atoms with Gasteiger partial charge in [0.25, 0.3) is 0 Å². The monoisotopic (exact) mass is 223 g/mol. The van der Waals surface area contributed by atoms with Crippen LogP contribution in [0.25, 0.3) is 0 Å². The van der Waals surface area contributed by atoms with E-state index >= 15 is 0 Å². The third-order valence-corrected chi connectivity index (χ3v) is 2.08. The van der Waals surface area contributed by atoms with Crippen LogP contribution >= 0.6 is 0 Å². The highest BCUT2D eigenvalue weighted by atomic mass is 19.2. The van der Waals surface area contributed by atoms with Crippen LogP contribution in [-0.2, 0) is 0 Å². The molecule has 0 heterocycles. The number of aromatic hydroxyl groups is 1. The van der Waals surface area contributed by atoms with E-state index in [-0.39, 0.29) is 6.42 Å². The molecule has 0 radical (unpaired) electrons. The summed E-state index contributed by atoms with van der Waals surface area (Å²) in [6, 6.07) is -1.16. The fourth-order valence-corrected chi connectivity index (χ4v) is 1.17. The molecule has 0 aliphatic heterocycles. The molecule has 2 nitrogen and oxygen atoms in total. The molecule has 1 aromatic carbocycles. The van der Waals surface area contributed by atoms with Gasteiger partial charge in [-0.1, -0.05) is 6.92 Å². The fourth-order valence-electron chi connectivity index (χ4n) is 1.17. The summed E-state index contributed by atoms with van der Waals surface area (Å²) in [5.74, 6) is -8.63. The molecule has 0 aliphatic carbocycles. The molecule has 1 atom stereocenters. The average Bonchev–Trinajstić information content (AvgIpc) is 2.23. The molecule has 1 aromatic rings. The Labute approximate surface area is 83.3 Å². The Kier molecular flexibility index (Phi) is 3.18. The van der Waals surface area contributed by atoms with E-state index < -0.39 is 40.6 Å². The van der Waals surface area contributed by atoms with Gasteiger partial charge in [-0.3, -0.25) is 0 Å². The largest absolute Gasteiger partial charge is 0.503 e. The Bertz CT molecular complexity index is 365. The number of benzene rings is 1. The molecule has 0 fully saturated rings. The van der Waals surface area contributed by atoms with Crippen molar-refractivity contribution in [1.29, 1.82) is 0 Å². The minimum absolute atomic E-state index is 0.109. The first kappa shape index (κ1) is 11.8. The van der Waals surface area contributed by atoms with Crippen LogP contribution in [0.5, 0.6) is 5.75 Å². The number of halogens is 4. The zero-order valence-electron chi connectivity index (χ0n) is 7.82. The highest BCUT2D eigenvalue weighted by Gasteiger charge is 2.27. The summed E-state index contributed by atoms with van der Waals surface area (Å²) in [6.45, 7) is 1.51. The van der Waals surface area contributed by atoms with Gasteiger partial charge in [0, 0.05) is 11.6 Å². The predicted octanol–water partition coefficient (Wildman–Crippen LogP) is 2.36. The van der Waals surface area contributed by atoms with Gasteiger partial charge in [0.15, 0.2) is 17.4 Å². The van der Waals surface area contributed by atoms with Crippen LogP contribution in [0, 0.1) is 23.3 Å². The highest BCUT2D eigenvalue weighted by molar-refractivity contribution is 5.34. The third kappa shape index (κ3) is 1.77. The van der Waals surface area contributed by atoms with E-state index in [4.69, 9.17) is 10.8 Å².